The number of nitrogens with zero attached hydrogens (tertiary/aromatic N) is 1. The maximum absolute atomic E-state index is 12.9. The molecule has 1 saturated heterocycles. The Kier molecular flexibility index (Phi) is 5.61. The number of hydrogen-bond donors (Lipinski definition) is 0. The number of likely N-dealkylation sites (tertiary alicyclic amines) is 1. The molecule has 2 aromatic rings. The van der Waals surface area contributed by atoms with Gasteiger partial charge in [-0.05, 0) is 12.5 Å². The van der Waals surface area contributed by atoms with Gasteiger partial charge in [-0.15, -0.1) is 0 Å². The summed E-state index contributed by atoms with van der Waals surface area (Å²) in [6, 6.07) is 19.3. The third-order valence-electron chi connectivity index (χ3n) is 4.63. The first kappa shape index (κ1) is 17.4. The number of ether oxygens (including phenoxy) is 1. The molecule has 0 aromatic heterocycles. The molecule has 0 spiro atoms. The average molecular weight is 337 g/mol. The van der Waals surface area contributed by atoms with Crippen molar-refractivity contribution in [3.8, 4) is 0 Å². The number of carbonyl (C=O) groups is 2. The summed E-state index contributed by atoms with van der Waals surface area (Å²) < 4.78 is 5.22. The number of ketones is 1. The summed E-state index contributed by atoms with van der Waals surface area (Å²) in [4.78, 5) is 27.5. The predicted octanol–water partition coefficient (Wildman–Crippen LogP) is 3.18. The van der Waals surface area contributed by atoms with Gasteiger partial charge in [0.2, 0.25) is 0 Å². The summed E-state index contributed by atoms with van der Waals surface area (Å²) in [6.07, 6.45) is 0. The maximum Gasteiger partial charge on any atom is 0.311 e. The molecule has 3 rings (SSSR count). The zero-order valence-corrected chi connectivity index (χ0v) is 14.4. The van der Waals surface area contributed by atoms with Gasteiger partial charge in [0.15, 0.2) is 5.78 Å². The standard InChI is InChI=1S/C21H23NO3/c1-2-25-21(24)19-15-22(13-16-9-5-3-6-10-16)14-18(19)20(23)17-11-7-4-8-12-17/h3-12,18-19H,2,13-15H2,1H3/t18-,19-/m0/s1. The van der Waals surface area contributed by atoms with Crippen LogP contribution in [0.15, 0.2) is 60.7 Å². The number of esters is 1. The first-order chi connectivity index (χ1) is 12.2. The fourth-order valence-electron chi connectivity index (χ4n) is 3.43. The fourth-order valence-corrected chi connectivity index (χ4v) is 3.43. The van der Waals surface area contributed by atoms with Crippen molar-refractivity contribution in [3.63, 3.8) is 0 Å². The van der Waals surface area contributed by atoms with Gasteiger partial charge in [0.05, 0.1) is 12.5 Å². The first-order valence-corrected chi connectivity index (χ1v) is 8.71. The van der Waals surface area contributed by atoms with E-state index in [1.807, 2.05) is 48.5 Å². The van der Waals surface area contributed by atoms with Crippen molar-refractivity contribution in [3.05, 3.63) is 71.8 Å². The Morgan fingerprint density at radius 2 is 1.56 bits per heavy atom. The van der Waals surface area contributed by atoms with Crippen molar-refractivity contribution >= 4 is 11.8 Å². The summed E-state index contributed by atoms with van der Waals surface area (Å²) in [6.45, 7) is 3.99. The zero-order valence-electron chi connectivity index (χ0n) is 14.4. The number of rotatable bonds is 6. The molecule has 1 heterocycles. The normalized spacial score (nSPS) is 20.4. The number of Topliss-reactive ketones (excluding diaryl/α,β-unsaturated/α-hetero) is 1. The molecule has 1 aliphatic rings. The van der Waals surface area contributed by atoms with E-state index in [-0.39, 0.29) is 17.7 Å². The summed E-state index contributed by atoms with van der Waals surface area (Å²) in [5.41, 5.74) is 1.83. The average Bonchev–Trinajstić information content (AvgIpc) is 3.07. The quantitative estimate of drug-likeness (QED) is 0.600. The Balaban J connectivity index is 1.78. The van der Waals surface area contributed by atoms with Gasteiger partial charge in [0, 0.05) is 31.1 Å². The summed E-state index contributed by atoms with van der Waals surface area (Å²) in [7, 11) is 0. The zero-order chi connectivity index (χ0) is 17.6. The summed E-state index contributed by atoms with van der Waals surface area (Å²) in [5, 5.41) is 0. The molecule has 25 heavy (non-hydrogen) atoms. The predicted molar refractivity (Wildman–Crippen MR) is 96.1 cm³/mol. The van der Waals surface area contributed by atoms with E-state index >= 15 is 0 Å². The minimum absolute atomic E-state index is 0.0224. The summed E-state index contributed by atoms with van der Waals surface area (Å²) >= 11 is 0. The van der Waals surface area contributed by atoms with E-state index in [4.69, 9.17) is 4.74 Å². The second-order valence-electron chi connectivity index (χ2n) is 6.37. The van der Waals surface area contributed by atoms with Gasteiger partial charge >= 0.3 is 5.97 Å². The molecule has 4 heteroatoms. The lowest BCUT2D eigenvalue weighted by Gasteiger charge is -2.15. The van der Waals surface area contributed by atoms with E-state index in [1.54, 1.807) is 6.92 Å². The van der Waals surface area contributed by atoms with E-state index < -0.39 is 5.92 Å². The lowest BCUT2D eigenvalue weighted by Crippen LogP contribution is -2.30. The Bertz CT molecular complexity index is 714. The van der Waals surface area contributed by atoms with E-state index in [0.717, 1.165) is 6.54 Å². The van der Waals surface area contributed by atoms with Crippen molar-refractivity contribution in [2.45, 2.75) is 13.5 Å². The summed E-state index contributed by atoms with van der Waals surface area (Å²) in [5.74, 6) is -1.01. The smallest absolute Gasteiger partial charge is 0.311 e. The highest BCUT2D eigenvalue weighted by molar-refractivity contribution is 6.00. The second-order valence-corrected chi connectivity index (χ2v) is 6.37. The first-order valence-electron chi connectivity index (χ1n) is 8.71. The highest BCUT2D eigenvalue weighted by atomic mass is 16.5. The highest BCUT2D eigenvalue weighted by Gasteiger charge is 2.42. The van der Waals surface area contributed by atoms with E-state index in [1.165, 1.54) is 5.56 Å². The number of hydrogen-bond acceptors (Lipinski definition) is 4. The van der Waals surface area contributed by atoms with E-state index in [2.05, 4.69) is 17.0 Å². The van der Waals surface area contributed by atoms with Crippen LogP contribution >= 0.6 is 0 Å². The van der Waals surface area contributed by atoms with Crippen LogP contribution in [0.2, 0.25) is 0 Å². The number of benzene rings is 2. The van der Waals surface area contributed by atoms with E-state index in [9.17, 15) is 9.59 Å². The SMILES string of the molecule is CCOC(=O)[C@H]1CN(Cc2ccccc2)C[C@@H]1C(=O)c1ccccc1. The van der Waals surface area contributed by atoms with Gasteiger partial charge in [0.1, 0.15) is 0 Å². The topological polar surface area (TPSA) is 46.6 Å². The molecule has 4 nitrogen and oxygen atoms in total. The fraction of sp³-hybridized carbons (Fsp3) is 0.333. The van der Waals surface area contributed by atoms with Gasteiger partial charge < -0.3 is 4.74 Å². The molecule has 0 aliphatic carbocycles. The van der Waals surface area contributed by atoms with Crippen LogP contribution in [0, 0.1) is 11.8 Å². The third-order valence-corrected chi connectivity index (χ3v) is 4.63. The van der Waals surface area contributed by atoms with Crippen molar-refractivity contribution < 1.29 is 14.3 Å². The van der Waals surface area contributed by atoms with Crippen molar-refractivity contribution in [2.24, 2.45) is 11.8 Å². The molecule has 2 atom stereocenters. The minimum Gasteiger partial charge on any atom is -0.466 e. The van der Waals surface area contributed by atoms with Gasteiger partial charge in [-0.3, -0.25) is 14.5 Å². The Morgan fingerprint density at radius 3 is 2.20 bits per heavy atom. The molecular weight excluding hydrogens is 314 g/mol. The Labute approximate surface area is 148 Å². The molecule has 0 amide bonds. The lowest BCUT2D eigenvalue weighted by molar-refractivity contribution is -0.148. The largest absolute Gasteiger partial charge is 0.466 e. The van der Waals surface area contributed by atoms with Gasteiger partial charge in [0.25, 0.3) is 0 Å². The minimum atomic E-state index is -0.406. The van der Waals surface area contributed by atoms with Gasteiger partial charge in [-0.1, -0.05) is 60.7 Å². The molecule has 1 aliphatic heterocycles. The maximum atomic E-state index is 12.9. The molecule has 1 fully saturated rings. The lowest BCUT2D eigenvalue weighted by atomic mass is 9.88. The molecule has 2 aromatic carbocycles. The van der Waals surface area contributed by atoms with Crippen LogP contribution < -0.4 is 0 Å². The van der Waals surface area contributed by atoms with Crippen LogP contribution in [0.5, 0.6) is 0 Å². The molecule has 0 N–H and O–H groups in total. The molecule has 130 valence electrons. The van der Waals surface area contributed by atoms with Gasteiger partial charge in [-0.2, -0.15) is 0 Å². The van der Waals surface area contributed by atoms with Crippen molar-refractivity contribution in [1.82, 2.24) is 4.90 Å². The molecule has 0 unspecified atom stereocenters. The van der Waals surface area contributed by atoms with Crippen LogP contribution in [-0.2, 0) is 16.1 Å². The highest BCUT2D eigenvalue weighted by Crippen LogP contribution is 2.29. The number of carbonyl (C=O) groups excluding carboxylic acids is 2. The molecule has 0 bridgehead atoms. The van der Waals surface area contributed by atoms with Crippen molar-refractivity contribution in [1.29, 1.82) is 0 Å². The van der Waals surface area contributed by atoms with Crippen LogP contribution in [0.3, 0.4) is 0 Å². The monoisotopic (exact) mass is 337 g/mol. The second kappa shape index (κ2) is 8.08. The molecular formula is C21H23NO3. The van der Waals surface area contributed by atoms with Crippen LogP contribution in [-0.4, -0.2) is 36.3 Å². The van der Waals surface area contributed by atoms with Gasteiger partial charge in [-0.25, -0.2) is 0 Å². The Morgan fingerprint density at radius 1 is 0.960 bits per heavy atom. The third kappa shape index (κ3) is 4.15. The van der Waals surface area contributed by atoms with Crippen LogP contribution in [0.25, 0.3) is 0 Å². The van der Waals surface area contributed by atoms with Crippen molar-refractivity contribution in [2.75, 3.05) is 19.7 Å². The van der Waals surface area contributed by atoms with Crippen LogP contribution in [0.4, 0.5) is 0 Å². The van der Waals surface area contributed by atoms with E-state index in [0.29, 0.717) is 25.3 Å². The molecule has 0 saturated carbocycles. The Hall–Kier alpha value is -2.46. The van der Waals surface area contributed by atoms with Crippen LogP contribution in [0.1, 0.15) is 22.8 Å². The molecule has 0 radical (unpaired) electrons.